The van der Waals surface area contributed by atoms with Gasteiger partial charge in [0, 0.05) is 45.1 Å². The topological polar surface area (TPSA) is 65.1 Å². The molecule has 1 unspecified atom stereocenters. The highest BCUT2D eigenvalue weighted by atomic mass is 16.2. The lowest BCUT2D eigenvalue weighted by Crippen LogP contribution is -2.40. The Labute approximate surface area is 142 Å². The summed E-state index contributed by atoms with van der Waals surface area (Å²) in [6, 6.07) is 10.8. The van der Waals surface area contributed by atoms with Crippen molar-refractivity contribution in [2.75, 3.05) is 19.6 Å². The van der Waals surface area contributed by atoms with Crippen molar-refractivity contribution >= 4 is 5.91 Å². The van der Waals surface area contributed by atoms with Crippen molar-refractivity contribution in [2.45, 2.75) is 38.8 Å². The van der Waals surface area contributed by atoms with Gasteiger partial charge in [-0.15, -0.1) is 0 Å². The zero-order valence-electron chi connectivity index (χ0n) is 14.2. The van der Waals surface area contributed by atoms with E-state index >= 15 is 0 Å². The highest BCUT2D eigenvalue weighted by Gasteiger charge is 2.24. The number of hydrogen-bond donors (Lipinski definition) is 1. The summed E-state index contributed by atoms with van der Waals surface area (Å²) in [5.74, 6) is 0.983. The normalized spacial score (nSPS) is 19.2. The van der Waals surface area contributed by atoms with Gasteiger partial charge in [0.25, 0.3) is 0 Å². The van der Waals surface area contributed by atoms with Crippen LogP contribution in [0.25, 0.3) is 0 Å². The molecule has 0 spiro atoms. The van der Waals surface area contributed by atoms with Gasteiger partial charge in [0.2, 0.25) is 5.91 Å². The Morgan fingerprint density at radius 1 is 1.25 bits per heavy atom. The Morgan fingerprint density at radius 2 is 2.08 bits per heavy atom. The first-order valence-corrected chi connectivity index (χ1v) is 8.62. The zero-order valence-corrected chi connectivity index (χ0v) is 14.2. The lowest BCUT2D eigenvalue weighted by molar-refractivity contribution is -0.133. The first-order chi connectivity index (χ1) is 11.7. The first kappa shape index (κ1) is 16.6. The summed E-state index contributed by atoms with van der Waals surface area (Å²) in [6.07, 6.45) is 3.60. The number of amides is 1. The van der Waals surface area contributed by atoms with Crippen LogP contribution < -0.4 is 0 Å². The molecule has 3 rings (SSSR count). The van der Waals surface area contributed by atoms with Crippen LogP contribution in [-0.4, -0.2) is 56.6 Å². The number of hydrogen-bond acceptors (Lipinski definition) is 4. The van der Waals surface area contributed by atoms with Gasteiger partial charge in [-0.1, -0.05) is 30.3 Å². The van der Waals surface area contributed by atoms with Gasteiger partial charge in [0.1, 0.15) is 12.2 Å². The second kappa shape index (κ2) is 8.06. The van der Waals surface area contributed by atoms with Crippen LogP contribution in [0.5, 0.6) is 0 Å². The van der Waals surface area contributed by atoms with Crippen LogP contribution in [0.1, 0.15) is 31.2 Å². The summed E-state index contributed by atoms with van der Waals surface area (Å²) in [5.41, 5.74) is 1.33. The number of H-pyrrole nitrogens is 1. The van der Waals surface area contributed by atoms with Crippen LogP contribution >= 0.6 is 0 Å². The van der Waals surface area contributed by atoms with E-state index in [1.165, 1.54) is 11.9 Å². The molecule has 1 aliphatic rings. The van der Waals surface area contributed by atoms with Crippen LogP contribution in [0.15, 0.2) is 36.7 Å². The van der Waals surface area contributed by atoms with Crippen molar-refractivity contribution in [3.05, 3.63) is 48.0 Å². The third kappa shape index (κ3) is 4.41. The largest absolute Gasteiger partial charge is 0.339 e. The van der Waals surface area contributed by atoms with Gasteiger partial charge < -0.3 is 4.90 Å². The minimum Gasteiger partial charge on any atom is -0.339 e. The molecule has 1 aromatic carbocycles. The third-order valence-corrected chi connectivity index (χ3v) is 4.66. The fourth-order valence-electron chi connectivity index (χ4n) is 3.20. The monoisotopic (exact) mass is 327 g/mol. The Hall–Kier alpha value is -2.21. The van der Waals surface area contributed by atoms with Crippen LogP contribution in [0.3, 0.4) is 0 Å². The van der Waals surface area contributed by atoms with Crippen molar-refractivity contribution < 1.29 is 4.79 Å². The van der Waals surface area contributed by atoms with E-state index in [4.69, 9.17) is 0 Å². The minimum atomic E-state index is 0.209. The van der Waals surface area contributed by atoms with Crippen molar-refractivity contribution in [3.63, 3.8) is 0 Å². The smallest absolute Gasteiger partial charge is 0.223 e. The number of aryl methyl sites for hydroxylation is 1. The molecule has 2 aromatic rings. The number of aromatic amines is 1. The molecule has 128 valence electrons. The predicted octanol–water partition coefficient (Wildman–Crippen LogP) is 1.86. The summed E-state index contributed by atoms with van der Waals surface area (Å²) < 4.78 is 0. The molecule has 2 heterocycles. The molecular weight excluding hydrogens is 302 g/mol. The molecule has 1 fully saturated rings. The second-order valence-electron chi connectivity index (χ2n) is 6.42. The average molecular weight is 327 g/mol. The first-order valence-electron chi connectivity index (χ1n) is 8.62. The summed E-state index contributed by atoms with van der Waals surface area (Å²) in [7, 11) is 0. The van der Waals surface area contributed by atoms with Gasteiger partial charge in [-0.05, 0) is 18.9 Å². The fourth-order valence-corrected chi connectivity index (χ4v) is 3.20. The van der Waals surface area contributed by atoms with E-state index in [-0.39, 0.29) is 11.9 Å². The van der Waals surface area contributed by atoms with E-state index in [1.54, 1.807) is 0 Å². The quantitative estimate of drug-likeness (QED) is 0.910. The Morgan fingerprint density at radius 3 is 2.83 bits per heavy atom. The molecular formula is C18H25N5O. The van der Waals surface area contributed by atoms with Gasteiger partial charge in [-0.3, -0.25) is 14.8 Å². The average Bonchev–Trinajstić information content (AvgIpc) is 3.05. The number of nitrogens with zero attached hydrogens (tertiary/aromatic N) is 4. The Bertz CT molecular complexity index is 628. The summed E-state index contributed by atoms with van der Waals surface area (Å²) in [5, 5.41) is 6.64. The molecule has 6 nitrogen and oxygen atoms in total. The number of aromatic nitrogens is 3. The van der Waals surface area contributed by atoms with E-state index in [9.17, 15) is 4.79 Å². The van der Waals surface area contributed by atoms with Gasteiger partial charge in [0.15, 0.2) is 0 Å². The van der Waals surface area contributed by atoms with Crippen LogP contribution in [0, 0.1) is 0 Å². The van der Waals surface area contributed by atoms with Crippen LogP contribution in [0.2, 0.25) is 0 Å². The maximum atomic E-state index is 12.6. The molecule has 1 saturated heterocycles. The van der Waals surface area contributed by atoms with E-state index in [2.05, 4.69) is 51.3 Å². The van der Waals surface area contributed by atoms with E-state index in [0.29, 0.717) is 12.8 Å². The summed E-state index contributed by atoms with van der Waals surface area (Å²) >= 11 is 0. The lowest BCUT2D eigenvalue weighted by atomic mass is 10.1. The number of nitrogens with one attached hydrogen (secondary N) is 1. The molecule has 1 aromatic heterocycles. The minimum absolute atomic E-state index is 0.209. The van der Waals surface area contributed by atoms with Gasteiger partial charge in [-0.25, -0.2) is 4.98 Å². The SMILES string of the molecule is CC1CCN(Cc2ccccc2)CCN1C(=O)CCc1ncn[nH]1. The standard InChI is InChI=1S/C18H25N5O/c1-15-9-10-22(13-16-5-3-2-4-6-16)11-12-23(15)18(24)8-7-17-19-14-20-21-17/h2-6,14-15H,7-13H2,1H3,(H,19,20,21). The number of rotatable bonds is 5. The number of benzene rings is 1. The van der Waals surface area contributed by atoms with Crippen molar-refractivity contribution in [1.29, 1.82) is 0 Å². The predicted molar refractivity (Wildman–Crippen MR) is 92.2 cm³/mol. The molecule has 0 saturated carbocycles. The Kier molecular flexibility index (Phi) is 5.59. The van der Waals surface area contributed by atoms with Gasteiger partial charge >= 0.3 is 0 Å². The molecule has 1 N–H and O–H groups in total. The molecule has 0 bridgehead atoms. The molecule has 6 heteroatoms. The van der Waals surface area contributed by atoms with Crippen molar-refractivity contribution in [2.24, 2.45) is 0 Å². The van der Waals surface area contributed by atoms with Crippen LogP contribution in [0.4, 0.5) is 0 Å². The highest BCUT2D eigenvalue weighted by molar-refractivity contribution is 5.76. The lowest BCUT2D eigenvalue weighted by Gasteiger charge is -2.26. The molecule has 1 atom stereocenters. The van der Waals surface area contributed by atoms with Crippen LogP contribution in [-0.2, 0) is 17.8 Å². The zero-order chi connectivity index (χ0) is 16.8. The molecule has 24 heavy (non-hydrogen) atoms. The number of carbonyl (C=O) groups is 1. The summed E-state index contributed by atoms with van der Waals surface area (Å²) in [4.78, 5) is 21.1. The molecule has 1 amide bonds. The van der Waals surface area contributed by atoms with E-state index in [1.807, 2.05) is 11.0 Å². The highest BCUT2D eigenvalue weighted by Crippen LogP contribution is 2.15. The molecule has 1 aliphatic heterocycles. The fraction of sp³-hybridized carbons (Fsp3) is 0.500. The van der Waals surface area contributed by atoms with Crippen molar-refractivity contribution in [3.8, 4) is 0 Å². The van der Waals surface area contributed by atoms with Crippen molar-refractivity contribution in [1.82, 2.24) is 25.0 Å². The van der Waals surface area contributed by atoms with E-state index < -0.39 is 0 Å². The summed E-state index contributed by atoms with van der Waals surface area (Å²) in [6.45, 7) is 5.85. The Balaban J connectivity index is 1.53. The third-order valence-electron chi connectivity index (χ3n) is 4.66. The second-order valence-corrected chi connectivity index (χ2v) is 6.42. The van der Waals surface area contributed by atoms with E-state index in [0.717, 1.165) is 38.4 Å². The van der Waals surface area contributed by atoms with Gasteiger partial charge in [0.05, 0.1) is 0 Å². The maximum Gasteiger partial charge on any atom is 0.223 e. The number of carbonyl (C=O) groups excluding carboxylic acids is 1. The molecule has 0 aliphatic carbocycles. The maximum absolute atomic E-state index is 12.6. The molecule has 0 radical (unpaired) electrons. The van der Waals surface area contributed by atoms with Gasteiger partial charge in [-0.2, -0.15) is 5.10 Å².